The average Bonchev–Trinajstić information content (AvgIpc) is 2.91. The minimum atomic E-state index is -0.987. The van der Waals surface area contributed by atoms with Crippen molar-refractivity contribution in [2.45, 2.75) is 12.8 Å². The van der Waals surface area contributed by atoms with Crippen LogP contribution in [0.25, 0.3) is 0 Å². The molecule has 19 heavy (non-hydrogen) atoms. The molecule has 0 aromatic heterocycles. The van der Waals surface area contributed by atoms with Crippen LogP contribution in [0.15, 0.2) is 18.2 Å². The molecule has 0 spiro atoms. The first-order valence-corrected chi connectivity index (χ1v) is 6.51. The van der Waals surface area contributed by atoms with Crippen LogP contribution >= 0.6 is 0 Å². The Morgan fingerprint density at radius 1 is 1.26 bits per heavy atom. The van der Waals surface area contributed by atoms with Crippen molar-refractivity contribution in [1.29, 1.82) is 0 Å². The van der Waals surface area contributed by atoms with E-state index in [9.17, 15) is 13.6 Å². The SMILES string of the molecule is CN(CCN1CCCC1)C(=O)c1ccc(F)c(F)c1. The fraction of sp³-hybridized carbons (Fsp3) is 0.500. The molecule has 3 nitrogen and oxygen atoms in total. The van der Waals surface area contributed by atoms with Gasteiger partial charge in [0.1, 0.15) is 0 Å². The van der Waals surface area contributed by atoms with Crippen LogP contribution in [0.2, 0.25) is 0 Å². The molecule has 1 saturated heterocycles. The Morgan fingerprint density at radius 3 is 2.58 bits per heavy atom. The van der Waals surface area contributed by atoms with Crippen LogP contribution in [0.5, 0.6) is 0 Å². The molecule has 1 heterocycles. The maximum atomic E-state index is 13.1. The quantitative estimate of drug-likeness (QED) is 0.835. The molecule has 0 unspecified atom stereocenters. The summed E-state index contributed by atoms with van der Waals surface area (Å²) in [6.45, 7) is 3.57. The van der Waals surface area contributed by atoms with Crippen LogP contribution < -0.4 is 0 Å². The number of likely N-dealkylation sites (tertiary alicyclic amines) is 1. The van der Waals surface area contributed by atoms with Crippen molar-refractivity contribution in [3.05, 3.63) is 35.4 Å². The predicted molar refractivity (Wildman–Crippen MR) is 69.0 cm³/mol. The average molecular weight is 268 g/mol. The summed E-state index contributed by atoms with van der Waals surface area (Å²) in [5.41, 5.74) is 0.183. The fourth-order valence-corrected chi connectivity index (χ4v) is 2.25. The van der Waals surface area contributed by atoms with Gasteiger partial charge in [0.25, 0.3) is 5.91 Å². The lowest BCUT2D eigenvalue weighted by Gasteiger charge is -2.21. The summed E-state index contributed by atoms with van der Waals surface area (Å²) in [6, 6.07) is 3.24. The van der Waals surface area contributed by atoms with Gasteiger partial charge >= 0.3 is 0 Å². The molecule has 0 radical (unpaired) electrons. The third-order valence-corrected chi connectivity index (χ3v) is 3.46. The number of hydrogen-bond acceptors (Lipinski definition) is 2. The normalized spacial score (nSPS) is 15.7. The molecule has 2 rings (SSSR count). The monoisotopic (exact) mass is 268 g/mol. The summed E-state index contributed by atoms with van der Waals surface area (Å²) in [4.78, 5) is 15.9. The van der Waals surface area contributed by atoms with Gasteiger partial charge in [0.05, 0.1) is 0 Å². The van der Waals surface area contributed by atoms with Gasteiger partial charge in [-0.2, -0.15) is 0 Å². The van der Waals surface area contributed by atoms with E-state index in [2.05, 4.69) is 4.90 Å². The summed E-state index contributed by atoms with van der Waals surface area (Å²) in [5, 5.41) is 0. The van der Waals surface area contributed by atoms with Crippen molar-refractivity contribution in [3.8, 4) is 0 Å². The molecule has 0 bridgehead atoms. The van der Waals surface area contributed by atoms with Gasteiger partial charge in [-0.3, -0.25) is 4.79 Å². The van der Waals surface area contributed by atoms with Crippen molar-refractivity contribution in [1.82, 2.24) is 9.80 Å². The number of amides is 1. The molecular formula is C14H18F2N2O. The molecule has 104 valence electrons. The molecule has 1 aliphatic heterocycles. The Hall–Kier alpha value is -1.49. The largest absolute Gasteiger partial charge is 0.340 e. The number of likely N-dealkylation sites (N-methyl/N-ethyl adjacent to an activating group) is 1. The summed E-state index contributed by atoms with van der Waals surface area (Å²) in [5.74, 6) is -2.20. The summed E-state index contributed by atoms with van der Waals surface area (Å²) < 4.78 is 25.9. The van der Waals surface area contributed by atoms with Crippen LogP contribution in [0.3, 0.4) is 0 Å². The van der Waals surface area contributed by atoms with E-state index >= 15 is 0 Å². The molecule has 1 aromatic rings. The third-order valence-electron chi connectivity index (χ3n) is 3.46. The Kier molecular flexibility index (Phi) is 4.47. The summed E-state index contributed by atoms with van der Waals surface area (Å²) in [7, 11) is 1.68. The van der Waals surface area contributed by atoms with Gasteiger partial charge in [-0.1, -0.05) is 0 Å². The molecule has 1 fully saturated rings. The van der Waals surface area contributed by atoms with Crippen molar-refractivity contribution in [3.63, 3.8) is 0 Å². The van der Waals surface area contributed by atoms with Crippen molar-refractivity contribution < 1.29 is 13.6 Å². The van der Waals surface area contributed by atoms with Crippen molar-refractivity contribution in [2.24, 2.45) is 0 Å². The smallest absolute Gasteiger partial charge is 0.253 e. The van der Waals surface area contributed by atoms with Gasteiger partial charge in [0.15, 0.2) is 11.6 Å². The highest BCUT2D eigenvalue weighted by atomic mass is 19.2. The second kappa shape index (κ2) is 6.10. The van der Waals surface area contributed by atoms with Gasteiger partial charge in [-0.25, -0.2) is 8.78 Å². The van der Waals surface area contributed by atoms with E-state index in [1.54, 1.807) is 11.9 Å². The number of hydrogen-bond donors (Lipinski definition) is 0. The Balaban J connectivity index is 1.92. The van der Waals surface area contributed by atoms with Crippen LogP contribution in [0, 0.1) is 11.6 Å². The maximum absolute atomic E-state index is 13.1. The zero-order valence-electron chi connectivity index (χ0n) is 11.0. The van der Waals surface area contributed by atoms with E-state index in [0.29, 0.717) is 6.54 Å². The van der Waals surface area contributed by atoms with Gasteiger partial charge in [-0.15, -0.1) is 0 Å². The number of rotatable bonds is 4. The molecule has 0 saturated carbocycles. The highest BCUT2D eigenvalue weighted by Gasteiger charge is 2.16. The lowest BCUT2D eigenvalue weighted by Crippen LogP contribution is -2.35. The predicted octanol–water partition coefficient (Wildman–Crippen LogP) is 2.13. The Labute approximate surface area is 111 Å². The van der Waals surface area contributed by atoms with E-state index in [4.69, 9.17) is 0 Å². The first-order chi connectivity index (χ1) is 9.08. The van der Waals surface area contributed by atoms with E-state index in [1.807, 2.05) is 0 Å². The number of carbonyl (C=O) groups excluding carboxylic acids is 1. The third kappa shape index (κ3) is 3.50. The highest BCUT2D eigenvalue weighted by Crippen LogP contribution is 2.11. The van der Waals surface area contributed by atoms with E-state index in [0.717, 1.165) is 31.8 Å². The summed E-state index contributed by atoms with van der Waals surface area (Å²) >= 11 is 0. The van der Waals surface area contributed by atoms with Gasteiger partial charge in [-0.05, 0) is 44.1 Å². The number of halogens is 2. The van der Waals surface area contributed by atoms with Crippen LogP contribution in [0.1, 0.15) is 23.2 Å². The Bertz CT molecular complexity index is 459. The first kappa shape index (κ1) is 13.9. The van der Waals surface area contributed by atoms with Gasteiger partial charge in [0, 0.05) is 25.7 Å². The lowest BCUT2D eigenvalue weighted by molar-refractivity contribution is 0.0781. The Morgan fingerprint density at radius 2 is 1.95 bits per heavy atom. The molecular weight excluding hydrogens is 250 g/mol. The molecule has 1 aromatic carbocycles. The minimum Gasteiger partial charge on any atom is -0.340 e. The zero-order valence-corrected chi connectivity index (χ0v) is 11.0. The van der Waals surface area contributed by atoms with Crippen molar-refractivity contribution >= 4 is 5.91 Å². The molecule has 0 aliphatic carbocycles. The van der Waals surface area contributed by atoms with E-state index in [-0.39, 0.29) is 11.5 Å². The van der Waals surface area contributed by atoms with E-state index in [1.165, 1.54) is 18.9 Å². The zero-order chi connectivity index (χ0) is 13.8. The van der Waals surface area contributed by atoms with Gasteiger partial charge in [0.2, 0.25) is 0 Å². The standard InChI is InChI=1S/C14H18F2N2O/c1-17(8-9-18-6-2-3-7-18)14(19)11-4-5-12(15)13(16)10-11/h4-5,10H,2-3,6-9H2,1H3. The van der Waals surface area contributed by atoms with Crippen LogP contribution in [-0.4, -0.2) is 48.9 Å². The highest BCUT2D eigenvalue weighted by molar-refractivity contribution is 5.94. The summed E-state index contributed by atoms with van der Waals surface area (Å²) in [6.07, 6.45) is 2.42. The fourth-order valence-electron chi connectivity index (χ4n) is 2.25. The van der Waals surface area contributed by atoms with Crippen molar-refractivity contribution in [2.75, 3.05) is 33.2 Å². The van der Waals surface area contributed by atoms with Crippen LogP contribution in [0.4, 0.5) is 8.78 Å². The topological polar surface area (TPSA) is 23.6 Å². The minimum absolute atomic E-state index is 0.183. The van der Waals surface area contributed by atoms with E-state index < -0.39 is 11.6 Å². The number of nitrogens with zero attached hydrogens (tertiary/aromatic N) is 2. The number of carbonyl (C=O) groups is 1. The second-order valence-electron chi connectivity index (χ2n) is 4.90. The van der Waals surface area contributed by atoms with Crippen LogP contribution in [-0.2, 0) is 0 Å². The molecule has 1 aliphatic rings. The molecule has 0 N–H and O–H groups in total. The van der Waals surface area contributed by atoms with Gasteiger partial charge < -0.3 is 9.80 Å². The molecule has 1 amide bonds. The molecule has 5 heteroatoms. The maximum Gasteiger partial charge on any atom is 0.253 e. The lowest BCUT2D eigenvalue weighted by atomic mass is 10.2. The molecule has 0 atom stereocenters. The first-order valence-electron chi connectivity index (χ1n) is 6.51. The second-order valence-corrected chi connectivity index (χ2v) is 4.90. The number of benzene rings is 1.